The van der Waals surface area contributed by atoms with Gasteiger partial charge in [0.05, 0.1) is 36.0 Å². The molecule has 0 aliphatic rings. The zero-order valence-corrected chi connectivity index (χ0v) is 21.4. The molecule has 10 heteroatoms. The quantitative estimate of drug-likeness (QED) is 0.0622. The Morgan fingerprint density at radius 3 is 1.87 bits per heavy atom. The highest BCUT2D eigenvalue weighted by Gasteiger charge is 2.36. The van der Waals surface area contributed by atoms with Crippen LogP contribution in [0.3, 0.4) is 0 Å². The van der Waals surface area contributed by atoms with Gasteiger partial charge in [0.25, 0.3) is 0 Å². The van der Waals surface area contributed by atoms with Gasteiger partial charge in [-0.15, -0.1) is 0 Å². The van der Waals surface area contributed by atoms with Crippen molar-refractivity contribution in [3.63, 3.8) is 0 Å². The van der Waals surface area contributed by atoms with Crippen LogP contribution >= 0.6 is 0 Å². The van der Waals surface area contributed by atoms with Crippen molar-refractivity contribution < 1.29 is 40.6 Å². The van der Waals surface area contributed by atoms with E-state index >= 15 is 0 Å². The van der Waals surface area contributed by atoms with E-state index in [1.807, 2.05) is 6.07 Å². The molecule has 0 amide bonds. The molecule has 210 valence electrons. The zero-order valence-electron chi connectivity index (χ0n) is 21.4. The average Bonchev–Trinajstić information content (AvgIpc) is 2.87. The Bertz CT molecular complexity index is 1160. The number of nitriles is 1. The van der Waals surface area contributed by atoms with Crippen molar-refractivity contribution in [1.82, 2.24) is 0 Å². The molecule has 0 N–H and O–H groups in total. The minimum absolute atomic E-state index is 0.0418. The standard InChI is InChI=1S/C29H29F6NO3/c1-20(2)27(37)39-14-8-6-4-3-5-7-13-38-26-11-9-22(10-12-26)23(19-36)15-21-16-24(28(30,31)32)18-25(17-21)29(33,34)35/h9-12,15-18H,1,3-8,13-14H2,2H3/b23-15+. The zero-order chi connectivity index (χ0) is 29.1. The predicted molar refractivity (Wildman–Crippen MR) is 135 cm³/mol. The molecule has 0 heterocycles. The predicted octanol–water partition coefficient (Wildman–Crippen LogP) is 8.63. The molecule has 0 atom stereocenters. The lowest BCUT2D eigenvalue weighted by atomic mass is 10.00. The Morgan fingerprint density at radius 1 is 0.872 bits per heavy atom. The Labute approximate surface area is 223 Å². The molecule has 0 aliphatic heterocycles. The number of hydrogen-bond donors (Lipinski definition) is 0. The third-order valence-electron chi connectivity index (χ3n) is 5.60. The number of ether oxygens (including phenoxy) is 2. The molecule has 2 aromatic rings. The molecule has 4 nitrogen and oxygen atoms in total. The molecule has 0 spiro atoms. The van der Waals surface area contributed by atoms with Crippen LogP contribution in [0.5, 0.6) is 5.75 Å². The number of carbonyl (C=O) groups excluding carboxylic acids is 1. The summed E-state index contributed by atoms with van der Waals surface area (Å²) in [5, 5.41) is 9.49. The maximum absolute atomic E-state index is 13.1. The molecule has 0 aromatic heterocycles. The van der Waals surface area contributed by atoms with E-state index in [1.165, 1.54) is 12.1 Å². The van der Waals surface area contributed by atoms with Crippen LogP contribution in [0.4, 0.5) is 26.3 Å². The summed E-state index contributed by atoms with van der Waals surface area (Å²) < 4.78 is 89.4. The van der Waals surface area contributed by atoms with Crippen molar-refractivity contribution in [3.8, 4) is 11.8 Å². The number of unbranched alkanes of at least 4 members (excludes halogenated alkanes) is 5. The second kappa shape index (κ2) is 14.4. The molecular weight excluding hydrogens is 524 g/mol. The maximum atomic E-state index is 13.1. The summed E-state index contributed by atoms with van der Waals surface area (Å²) in [6, 6.07) is 9.21. The second-order valence-corrected chi connectivity index (χ2v) is 8.92. The van der Waals surface area contributed by atoms with Crippen LogP contribution in [-0.2, 0) is 21.9 Å². The molecule has 0 aliphatic carbocycles. The monoisotopic (exact) mass is 553 g/mol. The van der Waals surface area contributed by atoms with Gasteiger partial charge in [0, 0.05) is 5.57 Å². The fourth-order valence-electron chi connectivity index (χ4n) is 3.53. The van der Waals surface area contributed by atoms with Crippen molar-refractivity contribution in [2.75, 3.05) is 13.2 Å². The minimum atomic E-state index is -4.98. The molecule has 0 radical (unpaired) electrons. The summed E-state index contributed by atoms with van der Waals surface area (Å²) in [4.78, 5) is 11.3. The number of halogens is 6. The first kappa shape index (κ1) is 31.5. The van der Waals surface area contributed by atoms with Gasteiger partial charge in [-0.1, -0.05) is 32.3 Å². The van der Waals surface area contributed by atoms with Crippen LogP contribution in [0.15, 0.2) is 54.6 Å². The number of allylic oxidation sites excluding steroid dienone is 1. The Balaban J connectivity index is 1.88. The molecule has 0 unspecified atom stereocenters. The van der Waals surface area contributed by atoms with E-state index in [4.69, 9.17) is 9.47 Å². The third kappa shape index (κ3) is 10.9. The molecule has 0 fully saturated rings. The van der Waals surface area contributed by atoms with Crippen molar-refractivity contribution in [3.05, 3.63) is 76.9 Å². The molecule has 0 saturated carbocycles. The topological polar surface area (TPSA) is 59.3 Å². The Hall–Kier alpha value is -3.74. The third-order valence-corrected chi connectivity index (χ3v) is 5.60. The SMILES string of the molecule is C=C(C)C(=O)OCCCCCCCCOc1ccc(/C(C#N)=C/c2cc(C(F)(F)F)cc(C(F)(F)F)c2)cc1. The number of rotatable bonds is 13. The van der Waals surface area contributed by atoms with E-state index in [2.05, 4.69) is 6.58 Å². The van der Waals surface area contributed by atoms with Crippen molar-refractivity contribution in [1.29, 1.82) is 5.26 Å². The van der Waals surface area contributed by atoms with E-state index in [9.17, 15) is 36.4 Å². The van der Waals surface area contributed by atoms with Gasteiger partial charge in [-0.05, 0) is 79.4 Å². The van der Waals surface area contributed by atoms with Gasteiger partial charge in [-0.3, -0.25) is 0 Å². The fourth-order valence-corrected chi connectivity index (χ4v) is 3.53. The highest BCUT2D eigenvalue weighted by molar-refractivity contribution is 5.90. The minimum Gasteiger partial charge on any atom is -0.494 e. The van der Waals surface area contributed by atoms with Crippen LogP contribution in [0.2, 0.25) is 0 Å². The fraction of sp³-hybridized carbons (Fsp3) is 0.379. The Kier molecular flexibility index (Phi) is 11.6. The van der Waals surface area contributed by atoms with Crippen molar-refractivity contribution in [2.24, 2.45) is 0 Å². The van der Waals surface area contributed by atoms with E-state index in [-0.39, 0.29) is 23.2 Å². The molecule has 0 bridgehead atoms. The lowest BCUT2D eigenvalue weighted by Gasteiger charge is -2.13. The van der Waals surface area contributed by atoms with Crippen LogP contribution in [0.1, 0.15) is 67.7 Å². The van der Waals surface area contributed by atoms with Crippen molar-refractivity contribution in [2.45, 2.75) is 57.8 Å². The van der Waals surface area contributed by atoms with Gasteiger partial charge in [0.2, 0.25) is 0 Å². The first-order valence-electron chi connectivity index (χ1n) is 12.3. The summed E-state index contributed by atoms with van der Waals surface area (Å²) in [5.41, 5.74) is -2.68. The summed E-state index contributed by atoms with van der Waals surface area (Å²) in [6.45, 7) is 5.96. The van der Waals surface area contributed by atoms with Gasteiger partial charge < -0.3 is 9.47 Å². The lowest BCUT2D eigenvalue weighted by Crippen LogP contribution is -2.11. The lowest BCUT2D eigenvalue weighted by molar-refractivity contribution is -0.143. The van der Waals surface area contributed by atoms with Crippen LogP contribution in [0, 0.1) is 11.3 Å². The van der Waals surface area contributed by atoms with E-state index in [1.54, 1.807) is 19.1 Å². The van der Waals surface area contributed by atoms with Crippen molar-refractivity contribution >= 4 is 17.6 Å². The second-order valence-electron chi connectivity index (χ2n) is 8.92. The molecule has 39 heavy (non-hydrogen) atoms. The molecule has 2 aromatic carbocycles. The maximum Gasteiger partial charge on any atom is 0.416 e. The van der Waals surface area contributed by atoms with Gasteiger partial charge in [0.15, 0.2) is 0 Å². The summed E-state index contributed by atoms with van der Waals surface area (Å²) in [5.74, 6) is 0.143. The summed E-state index contributed by atoms with van der Waals surface area (Å²) >= 11 is 0. The average molecular weight is 554 g/mol. The summed E-state index contributed by atoms with van der Waals surface area (Å²) in [6.07, 6.45) is -3.47. The van der Waals surface area contributed by atoms with E-state index in [0.29, 0.717) is 42.2 Å². The van der Waals surface area contributed by atoms with Gasteiger partial charge in [0.1, 0.15) is 5.75 Å². The Morgan fingerprint density at radius 2 is 1.38 bits per heavy atom. The number of alkyl halides is 6. The number of benzene rings is 2. The number of hydrogen-bond acceptors (Lipinski definition) is 4. The first-order chi connectivity index (χ1) is 18.3. The van der Waals surface area contributed by atoms with Gasteiger partial charge in [-0.2, -0.15) is 31.6 Å². The molecule has 0 saturated heterocycles. The van der Waals surface area contributed by atoms with E-state index < -0.39 is 23.5 Å². The van der Waals surface area contributed by atoms with Crippen LogP contribution in [-0.4, -0.2) is 19.2 Å². The van der Waals surface area contributed by atoms with Gasteiger partial charge >= 0.3 is 18.3 Å². The number of carbonyl (C=O) groups is 1. The van der Waals surface area contributed by atoms with E-state index in [0.717, 1.165) is 44.6 Å². The van der Waals surface area contributed by atoms with Crippen LogP contribution < -0.4 is 4.74 Å². The number of esters is 1. The highest BCUT2D eigenvalue weighted by atomic mass is 19.4. The first-order valence-corrected chi connectivity index (χ1v) is 12.3. The normalized spacial score (nSPS) is 12.1. The molecule has 2 rings (SSSR count). The highest BCUT2D eigenvalue weighted by Crippen LogP contribution is 2.37. The largest absolute Gasteiger partial charge is 0.494 e. The number of nitrogens with zero attached hydrogens (tertiary/aromatic N) is 1. The molecular formula is C29H29F6NO3. The smallest absolute Gasteiger partial charge is 0.416 e. The summed E-state index contributed by atoms with van der Waals surface area (Å²) in [7, 11) is 0. The van der Waals surface area contributed by atoms with Crippen LogP contribution in [0.25, 0.3) is 11.6 Å². The van der Waals surface area contributed by atoms with Gasteiger partial charge in [-0.25, -0.2) is 4.79 Å².